The molecule has 4 heteroatoms. The first-order valence-electron chi connectivity index (χ1n) is 7.35. The van der Waals surface area contributed by atoms with Crippen molar-refractivity contribution in [1.82, 2.24) is 5.32 Å². The van der Waals surface area contributed by atoms with Crippen molar-refractivity contribution in [3.63, 3.8) is 0 Å². The van der Waals surface area contributed by atoms with E-state index in [9.17, 15) is 0 Å². The molecule has 21 heavy (non-hydrogen) atoms. The van der Waals surface area contributed by atoms with Crippen molar-refractivity contribution in [1.29, 1.82) is 0 Å². The van der Waals surface area contributed by atoms with Crippen molar-refractivity contribution in [2.75, 3.05) is 6.54 Å². The van der Waals surface area contributed by atoms with E-state index in [1.165, 1.54) is 27.3 Å². The van der Waals surface area contributed by atoms with E-state index in [-0.39, 0.29) is 0 Å². The zero-order valence-electron chi connectivity index (χ0n) is 12.7. The molecule has 1 aromatic heterocycles. The highest BCUT2D eigenvalue weighted by atomic mass is 79.9. The second-order valence-electron chi connectivity index (χ2n) is 5.22. The molecule has 1 heterocycles. The Labute approximate surface area is 148 Å². The number of aryl methyl sites for hydroxylation is 1. The quantitative estimate of drug-likeness (QED) is 0.537. The van der Waals surface area contributed by atoms with Crippen molar-refractivity contribution < 1.29 is 0 Å². The second kappa shape index (κ2) is 7.91. The lowest BCUT2D eigenvalue weighted by molar-refractivity contribution is 0.525. The van der Waals surface area contributed by atoms with Crippen LogP contribution in [0.5, 0.6) is 0 Å². The standard InChI is InChI=1S/C17H21Br2NS/c1-4-8-20-14(5-2)15-6-7-16(21-15)17-12(18)9-11(3)10-13(17)19/h6-7,9-10,14,20H,4-5,8H2,1-3H3. The molecular formula is C17H21Br2NS. The fourth-order valence-corrected chi connectivity index (χ4v) is 5.72. The van der Waals surface area contributed by atoms with Gasteiger partial charge in [-0.1, -0.05) is 45.7 Å². The zero-order valence-corrected chi connectivity index (χ0v) is 16.7. The maximum Gasteiger partial charge on any atom is 0.0412 e. The third kappa shape index (κ3) is 4.19. The number of hydrogen-bond acceptors (Lipinski definition) is 2. The molecule has 0 aliphatic carbocycles. The molecule has 2 aromatic rings. The lowest BCUT2D eigenvalue weighted by Gasteiger charge is -2.14. The summed E-state index contributed by atoms with van der Waals surface area (Å²) in [6.45, 7) is 7.63. The van der Waals surface area contributed by atoms with Gasteiger partial charge in [0.05, 0.1) is 0 Å². The van der Waals surface area contributed by atoms with Crippen LogP contribution in [0.1, 0.15) is 43.2 Å². The fraction of sp³-hybridized carbons (Fsp3) is 0.412. The Hall–Kier alpha value is -0.160. The first kappa shape index (κ1) is 17.2. The van der Waals surface area contributed by atoms with Gasteiger partial charge >= 0.3 is 0 Å². The van der Waals surface area contributed by atoms with Gasteiger partial charge in [0.15, 0.2) is 0 Å². The van der Waals surface area contributed by atoms with Gasteiger partial charge < -0.3 is 5.32 Å². The van der Waals surface area contributed by atoms with Crippen LogP contribution in [0.4, 0.5) is 0 Å². The van der Waals surface area contributed by atoms with Crippen molar-refractivity contribution >= 4 is 43.2 Å². The van der Waals surface area contributed by atoms with Gasteiger partial charge in [-0.3, -0.25) is 0 Å². The average Bonchev–Trinajstić information content (AvgIpc) is 2.88. The van der Waals surface area contributed by atoms with Crippen LogP contribution in [0.2, 0.25) is 0 Å². The summed E-state index contributed by atoms with van der Waals surface area (Å²) >= 11 is 9.28. The van der Waals surface area contributed by atoms with Crippen molar-refractivity contribution in [3.8, 4) is 10.4 Å². The van der Waals surface area contributed by atoms with Crippen LogP contribution in [0.3, 0.4) is 0 Å². The maximum absolute atomic E-state index is 3.70. The molecule has 0 fully saturated rings. The number of thiophene rings is 1. The summed E-state index contributed by atoms with van der Waals surface area (Å²) in [6.07, 6.45) is 2.29. The van der Waals surface area contributed by atoms with Crippen LogP contribution >= 0.6 is 43.2 Å². The molecule has 0 saturated carbocycles. The number of nitrogens with one attached hydrogen (secondary N) is 1. The summed E-state index contributed by atoms with van der Waals surface area (Å²) < 4.78 is 2.30. The summed E-state index contributed by atoms with van der Waals surface area (Å²) in [5.74, 6) is 0. The third-order valence-corrected chi connectivity index (χ3v) is 5.92. The van der Waals surface area contributed by atoms with Crippen molar-refractivity contribution in [2.24, 2.45) is 0 Å². The Morgan fingerprint density at radius 1 is 1.14 bits per heavy atom. The van der Waals surface area contributed by atoms with E-state index in [0.717, 1.165) is 21.9 Å². The van der Waals surface area contributed by atoms with Crippen molar-refractivity contribution in [2.45, 2.75) is 39.7 Å². The van der Waals surface area contributed by atoms with Crippen LogP contribution in [0.25, 0.3) is 10.4 Å². The first-order chi connectivity index (χ1) is 10.1. The summed E-state index contributed by atoms with van der Waals surface area (Å²) in [6, 6.07) is 9.30. The summed E-state index contributed by atoms with van der Waals surface area (Å²) in [4.78, 5) is 2.72. The van der Waals surface area contributed by atoms with E-state index in [4.69, 9.17) is 0 Å². The SMILES string of the molecule is CCCNC(CC)c1ccc(-c2c(Br)cc(C)cc2Br)s1. The van der Waals surface area contributed by atoms with Gasteiger partial charge in [0, 0.05) is 30.3 Å². The van der Waals surface area contributed by atoms with Gasteiger partial charge in [-0.25, -0.2) is 0 Å². The minimum absolute atomic E-state index is 0.465. The highest BCUT2D eigenvalue weighted by Crippen LogP contribution is 2.41. The lowest BCUT2D eigenvalue weighted by atomic mass is 10.1. The summed E-state index contributed by atoms with van der Waals surface area (Å²) in [5, 5.41) is 3.63. The molecule has 1 nitrogen and oxygen atoms in total. The van der Waals surface area contributed by atoms with Crippen LogP contribution in [-0.4, -0.2) is 6.54 Å². The number of rotatable bonds is 6. The van der Waals surface area contributed by atoms with Gasteiger partial charge in [-0.05, 0) is 56.1 Å². The minimum atomic E-state index is 0.465. The smallest absolute Gasteiger partial charge is 0.0412 e. The third-order valence-electron chi connectivity index (χ3n) is 3.45. The number of hydrogen-bond donors (Lipinski definition) is 1. The molecule has 1 atom stereocenters. The Morgan fingerprint density at radius 2 is 1.81 bits per heavy atom. The zero-order chi connectivity index (χ0) is 15.4. The Bertz CT molecular complexity index is 584. The van der Waals surface area contributed by atoms with Gasteiger partial charge in [0.2, 0.25) is 0 Å². The fourth-order valence-electron chi connectivity index (χ4n) is 2.37. The average molecular weight is 431 g/mol. The minimum Gasteiger partial charge on any atom is -0.309 e. The van der Waals surface area contributed by atoms with E-state index >= 15 is 0 Å². The predicted octanol–water partition coefficient (Wildman–Crippen LogP) is 6.70. The normalized spacial score (nSPS) is 12.6. The van der Waals surface area contributed by atoms with E-state index in [2.05, 4.69) is 82.2 Å². The number of benzene rings is 1. The molecule has 0 aliphatic heterocycles. The molecule has 0 aliphatic rings. The highest BCUT2D eigenvalue weighted by molar-refractivity contribution is 9.11. The van der Waals surface area contributed by atoms with Gasteiger partial charge in [0.25, 0.3) is 0 Å². The van der Waals surface area contributed by atoms with E-state index in [1.807, 2.05) is 11.3 Å². The summed E-state index contributed by atoms with van der Waals surface area (Å²) in [5.41, 5.74) is 2.51. The van der Waals surface area contributed by atoms with E-state index in [0.29, 0.717) is 6.04 Å². The van der Waals surface area contributed by atoms with Crippen LogP contribution in [0.15, 0.2) is 33.2 Å². The lowest BCUT2D eigenvalue weighted by Crippen LogP contribution is -2.20. The maximum atomic E-state index is 3.70. The second-order valence-corrected chi connectivity index (χ2v) is 8.04. The molecule has 2 rings (SSSR count). The monoisotopic (exact) mass is 429 g/mol. The Morgan fingerprint density at radius 3 is 2.38 bits per heavy atom. The van der Waals surface area contributed by atoms with Crippen LogP contribution < -0.4 is 5.32 Å². The van der Waals surface area contributed by atoms with Gasteiger partial charge in [-0.2, -0.15) is 0 Å². The molecule has 0 saturated heterocycles. The predicted molar refractivity (Wildman–Crippen MR) is 101 cm³/mol. The largest absolute Gasteiger partial charge is 0.309 e. The van der Waals surface area contributed by atoms with Crippen LogP contribution in [-0.2, 0) is 0 Å². The molecule has 114 valence electrons. The molecule has 0 bridgehead atoms. The summed E-state index contributed by atoms with van der Waals surface area (Å²) in [7, 11) is 0. The van der Waals surface area contributed by atoms with E-state index < -0.39 is 0 Å². The van der Waals surface area contributed by atoms with E-state index in [1.54, 1.807) is 0 Å². The molecule has 1 unspecified atom stereocenters. The first-order valence-corrected chi connectivity index (χ1v) is 9.76. The molecule has 0 amide bonds. The molecule has 0 radical (unpaired) electrons. The van der Waals surface area contributed by atoms with Crippen molar-refractivity contribution in [3.05, 3.63) is 43.7 Å². The molecule has 1 aromatic carbocycles. The van der Waals surface area contributed by atoms with Gasteiger partial charge in [-0.15, -0.1) is 11.3 Å². The Balaban J connectivity index is 2.31. The highest BCUT2D eigenvalue weighted by Gasteiger charge is 2.15. The molecule has 0 spiro atoms. The molecular weight excluding hydrogens is 410 g/mol. The topological polar surface area (TPSA) is 12.0 Å². The number of halogens is 2. The van der Waals surface area contributed by atoms with Crippen LogP contribution in [0, 0.1) is 6.92 Å². The molecule has 1 N–H and O–H groups in total. The van der Waals surface area contributed by atoms with Gasteiger partial charge in [0.1, 0.15) is 0 Å². The Kier molecular flexibility index (Phi) is 6.48.